The Kier molecular flexibility index (Phi) is 5.24. The first-order chi connectivity index (χ1) is 13.6. The summed E-state index contributed by atoms with van der Waals surface area (Å²) in [5.41, 5.74) is 4.11. The monoisotopic (exact) mass is 377 g/mol. The van der Waals surface area contributed by atoms with E-state index in [9.17, 15) is 9.18 Å². The van der Waals surface area contributed by atoms with Crippen molar-refractivity contribution in [3.8, 4) is 0 Å². The standard InChI is InChI=1S/C23H24FN3O/c1-17-5-2-7-19(11-17)22-9-4-10-26(23(22)28)15-21-13-25-16-27(21)14-18-6-3-8-20(24)12-18/h2-3,5-8,11-13,16,22H,4,9-10,14-15H2,1H3. The number of aryl methyl sites for hydroxylation is 1. The smallest absolute Gasteiger partial charge is 0.230 e. The molecule has 2 aromatic carbocycles. The van der Waals surface area contributed by atoms with Gasteiger partial charge in [-0.1, -0.05) is 42.0 Å². The molecule has 1 saturated heterocycles. The molecule has 5 heteroatoms. The summed E-state index contributed by atoms with van der Waals surface area (Å²) in [6, 6.07) is 14.8. The van der Waals surface area contributed by atoms with Crippen LogP contribution in [0.4, 0.5) is 4.39 Å². The predicted molar refractivity (Wildman–Crippen MR) is 106 cm³/mol. The van der Waals surface area contributed by atoms with Gasteiger partial charge in [0.05, 0.1) is 24.5 Å². The van der Waals surface area contributed by atoms with Gasteiger partial charge in [-0.05, 0) is 43.0 Å². The number of carbonyl (C=O) groups excluding carboxylic acids is 1. The first-order valence-electron chi connectivity index (χ1n) is 9.69. The second-order valence-corrected chi connectivity index (χ2v) is 7.51. The van der Waals surface area contributed by atoms with Gasteiger partial charge in [-0.15, -0.1) is 0 Å². The molecule has 144 valence electrons. The number of hydrogen-bond acceptors (Lipinski definition) is 2. The highest BCUT2D eigenvalue weighted by atomic mass is 19.1. The summed E-state index contributed by atoms with van der Waals surface area (Å²) in [6.07, 6.45) is 5.42. The number of hydrogen-bond donors (Lipinski definition) is 0. The summed E-state index contributed by atoms with van der Waals surface area (Å²) in [4.78, 5) is 19.3. The summed E-state index contributed by atoms with van der Waals surface area (Å²) in [6.45, 7) is 3.87. The molecule has 28 heavy (non-hydrogen) atoms. The van der Waals surface area contributed by atoms with Crippen LogP contribution in [0.15, 0.2) is 61.1 Å². The molecular formula is C23H24FN3O. The van der Waals surface area contributed by atoms with Crippen molar-refractivity contribution in [1.82, 2.24) is 14.5 Å². The molecular weight excluding hydrogens is 353 g/mol. The van der Waals surface area contributed by atoms with Gasteiger partial charge < -0.3 is 9.47 Å². The molecule has 0 N–H and O–H groups in total. The lowest BCUT2D eigenvalue weighted by Gasteiger charge is -2.32. The van der Waals surface area contributed by atoms with Gasteiger partial charge in [-0.3, -0.25) is 4.79 Å². The minimum Gasteiger partial charge on any atom is -0.336 e. The van der Waals surface area contributed by atoms with Crippen molar-refractivity contribution >= 4 is 5.91 Å². The Morgan fingerprint density at radius 2 is 2.00 bits per heavy atom. The maximum Gasteiger partial charge on any atom is 0.230 e. The number of benzene rings is 2. The van der Waals surface area contributed by atoms with E-state index in [0.717, 1.165) is 36.2 Å². The first kappa shape index (κ1) is 18.4. The number of piperidine rings is 1. The third kappa shape index (κ3) is 3.98. The Balaban J connectivity index is 1.50. The lowest BCUT2D eigenvalue weighted by molar-refractivity contribution is -0.136. The summed E-state index contributed by atoms with van der Waals surface area (Å²) in [5, 5.41) is 0. The van der Waals surface area contributed by atoms with Crippen LogP contribution in [0.5, 0.6) is 0 Å². The van der Waals surface area contributed by atoms with E-state index < -0.39 is 0 Å². The fourth-order valence-electron chi connectivity index (χ4n) is 3.94. The normalized spacial score (nSPS) is 17.1. The van der Waals surface area contributed by atoms with Gasteiger partial charge in [-0.2, -0.15) is 0 Å². The summed E-state index contributed by atoms with van der Waals surface area (Å²) >= 11 is 0. The molecule has 1 unspecified atom stereocenters. The topological polar surface area (TPSA) is 38.1 Å². The van der Waals surface area contributed by atoms with Gasteiger partial charge in [0, 0.05) is 19.3 Å². The molecule has 1 aliphatic rings. The molecule has 4 nitrogen and oxygen atoms in total. The molecule has 1 aliphatic heterocycles. The van der Waals surface area contributed by atoms with Gasteiger partial charge in [0.25, 0.3) is 0 Å². The Bertz CT molecular complexity index is 981. The fourth-order valence-corrected chi connectivity index (χ4v) is 3.94. The van der Waals surface area contributed by atoms with Crippen LogP contribution in [-0.4, -0.2) is 26.9 Å². The average molecular weight is 377 g/mol. The number of carbonyl (C=O) groups is 1. The van der Waals surface area contributed by atoms with Crippen LogP contribution in [0.1, 0.15) is 41.1 Å². The highest BCUT2D eigenvalue weighted by Gasteiger charge is 2.30. The van der Waals surface area contributed by atoms with E-state index in [-0.39, 0.29) is 17.6 Å². The van der Waals surface area contributed by atoms with Crippen molar-refractivity contribution in [1.29, 1.82) is 0 Å². The number of likely N-dealkylation sites (tertiary alicyclic amines) is 1. The highest BCUT2D eigenvalue weighted by Crippen LogP contribution is 2.29. The maximum atomic E-state index is 13.5. The van der Waals surface area contributed by atoms with Crippen LogP contribution in [0.2, 0.25) is 0 Å². The molecule has 1 amide bonds. The Hall–Kier alpha value is -2.95. The summed E-state index contributed by atoms with van der Waals surface area (Å²) in [5.74, 6) is -0.144. The van der Waals surface area contributed by atoms with Crippen molar-refractivity contribution in [3.05, 3.63) is 89.3 Å². The number of halogens is 1. The second-order valence-electron chi connectivity index (χ2n) is 7.51. The number of amides is 1. The van der Waals surface area contributed by atoms with Gasteiger partial charge >= 0.3 is 0 Å². The van der Waals surface area contributed by atoms with Crippen molar-refractivity contribution in [2.24, 2.45) is 0 Å². The van der Waals surface area contributed by atoms with Gasteiger partial charge in [0.15, 0.2) is 0 Å². The lowest BCUT2D eigenvalue weighted by atomic mass is 9.89. The van der Waals surface area contributed by atoms with Crippen LogP contribution in [0.25, 0.3) is 0 Å². The van der Waals surface area contributed by atoms with Crippen LogP contribution >= 0.6 is 0 Å². The zero-order valence-electron chi connectivity index (χ0n) is 16.0. The number of rotatable bonds is 5. The van der Waals surface area contributed by atoms with Crippen molar-refractivity contribution in [2.75, 3.05) is 6.54 Å². The van der Waals surface area contributed by atoms with E-state index >= 15 is 0 Å². The molecule has 0 aliphatic carbocycles. The van der Waals surface area contributed by atoms with E-state index in [1.807, 2.05) is 27.7 Å². The van der Waals surface area contributed by atoms with Crippen LogP contribution in [-0.2, 0) is 17.9 Å². The Morgan fingerprint density at radius 3 is 2.82 bits per heavy atom. The molecule has 1 atom stereocenters. The second kappa shape index (κ2) is 7.97. The molecule has 0 bridgehead atoms. The number of nitrogens with zero attached hydrogens (tertiary/aromatic N) is 3. The van der Waals surface area contributed by atoms with E-state index in [2.05, 4.69) is 24.0 Å². The maximum absolute atomic E-state index is 13.5. The zero-order chi connectivity index (χ0) is 19.5. The SMILES string of the molecule is Cc1cccc(C2CCCN(Cc3cncn3Cc3cccc(F)c3)C2=O)c1. The first-order valence-corrected chi connectivity index (χ1v) is 9.69. The van der Waals surface area contributed by atoms with Crippen LogP contribution in [0.3, 0.4) is 0 Å². The van der Waals surface area contributed by atoms with Crippen molar-refractivity contribution < 1.29 is 9.18 Å². The minimum atomic E-state index is -0.244. The summed E-state index contributed by atoms with van der Waals surface area (Å²) in [7, 11) is 0. The highest BCUT2D eigenvalue weighted by molar-refractivity contribution is 5.84. The molecule has 3 aromatic rings. The van der Waals surface area contributed by atoms with E-state index in [4.69, 9.17) is 0 Å². The molecule has 0 spiro atoms. The molecule has 1 aromatic heterocycles. The van der Waals surface area contributed by atoms with Crippen molar-refractivity contribution in [2.45, 2.75) is 38.8 Å². The van der Waals surface area contributed by atoms with E-state index in [1.165, 1.54) is 17.7 Å². The molecule has 4 rings (SSSR count). The average Bonchev–Trinajstić information content (AvgIpc) is 3.10. The fraction of sp³-hybridized carbons (Fsp3) is 0.304. The predicted octanol–water partition coefficient (Wildman–Crippen LogP) is 4.29. The van der Waals surface area contributed by atoms with Crippen LogP contribution < -0.4 is 0 Å². The molecule has 0 radical (unpaired) electrons. The third-order valence-electron chi connectivity index (χ3n) is 5.37. The Labute approximate surface area is 164 Å². The summed E-state index contributed by atoms with van der Waals surface area (Å²) < 4.78 is 15.5. The number of imidazole rings is 1. The zero-order valence-corrected chi connectivity index (χ0v) is 16.0. The van der Waals surface area contributed by atoms with E-state index in [1.54, 1.807) is 18.6 Å². The molecule has 2 heterocycles. The lowest BCUT2D eigenvalue weighted by Crippen LogP contribution is -2.40. The molecule has 0 saturated carbocycles. The van der Waals surface area contributed by atoms with Gasteiger partial charge in [0.2, 0.25) is 5.91 Å². The van der Waals surface area contributed by atoms with E-state index in [0.29, 0.717) is 13.1 Å². The van der Waals surface area contributed by atoms with Gasteiger partial charge in [0.1, 0.15) is 5.82 Å². The Morgan fingerprint density at radius 1 is 1.14 bits per heavy atom. The minimum absolute atomic E-state index is 0.0757. The van der Waals surface area contributed by atoms with Crippen LogP contribution in [0, 0.1) is 12.7 Å². The van der Waals surface area contributed by atoms with Gasteiger partial charge in [-0.25, -0.2) is 9.37 Å². The quantitative estimate of drug-likeness (QED) is 0.665. The van der Waals surface area contributed by atoms with Crippen molar-refractivity contribution in [3.63, 3.8) is 0 Å². The number of aromatic nitrogens is 2. The largest absolute Gasteiger partial charge is 0.336 e. The molecule has 1 fully saturated rings. The third-order valence-corrected chi connectivity index (χ3v) is 5.37.